The Labute approximate surface area is 497 Å². The number of hydrogen-bond donors (Lipinski definition) is 6. The maximum absolute atomic E-state index is 13.6. The largest absolute Gasteiger partial charge is 0.420 e. The van der Waals surface area contributed by atoms with Crippen LogP contribution in [0.3, 0.4) is 0 Å². The summed E-state index contributed by atoms with van der Waals surface area (Å²) in [6, 6.07) is 10.4. The second-order valence-electron chi connectivity index (χ2n) is 19.4. The number of carbonyl (C=O) groups is 1. The van der Waals surface area contributed by atoms with E-state index in [4.69, 9.17) is 68.5 Å². The van der Waals surface area contributed by atoms with Gasteiger partial charge in [0.05, 0.1) is 149 Å². The van der Waals surface area contributed by atoms with Crippen LogP contribution in [0.4, 0.5) is 19.0 Å². The molecule has 2 aliphatic heterocycles. The topological polar surface area (TPSA) is 347 Å². The number of aliphatic hydroxyl groups is 2. The second kappa shape index (κ2) is 35.5. The minimum Gasteiger partial charge on any atom is -0.420 e. The Morgan fingerprint density at radius 1 is 0.744 bits per heavy atom. The SMILES string of the molecule is O=C(CCOCCOCCOCCOCCn1cc(COCCOCCOCCOCCN2CCN(C[C@H](Nc3nc(Cl)nc4c3cnn4[C@@H]3O[C@H](COP(=O)(O)CP(=O)(O)O)[C@@H](O)[C@H]3O)c3ccccc3)CC2)nn1)Oc1c(F)cc(F)cc1F. The molecule has 6 N–H and O–H groups in total. The average molecular weight is 1280 g/mol. The van der Waals surface area contributed by atoms with Crippen molar-refractivity contribution in [1.82, 2.24) is 44.5 Å². The maximum atomic E-state index is 13.6. The lowest BCUT2D eigenvalue weighted by atomic mass is 10.1. The van der Waals surface area contributed by atoms with Crippen LogP contribution in [0.15, 0.2) is 54.9 Å². The van der Waals surface area contributed by atoms with E-state index in [9.17, 15) is 42.2 Å². The molecule has 3 aromatic heterocycles. The van der Waals surface area contributed by atoms with Crippen LogP contribution < -0.4 is 10.1 Å². The molecule has 2 saturated heterocycles. The fourth-order valence-electron chi connectivity index (χ4n) is 8.68. The predicted octanol–water partition coefficient (Wildman–Crippen LogP) is 2.54. The number of piperazine rings is 1. The molecule has 0 spiro atoms. The van der Waals surface area contributed by atoms with Crippen LogP contribution in [0.5, 0.6) is 5.75 Å². The molecule has 2 aromatic carbocycles. The number of carbonyl (C=O) groups excluding carboxylic acids is 1. The summed E-state index contributed by atoms with van der Waals surface area (Å²) < 4.78 is 126. The molecule has 0 aliphatic carbocycles. The highest BCUT2D eigenvalue weighted by atomic mass is 35.5. The van der Waals surface area contributed by atoms with Gasteiger partial charge in [-0.25, -0.2) is 22.5 Å². The summed E-state index contributed by atoms with van der Waals surface area (Å²) in [5.41, 5.74) is 1.81. The first-order valence-electron chi connectivity index (χ1n) is 27.5. The molecular weight excluding hydrogens is 1210 g/mol. The summed E-state index contributed by atoms with van der Waals surface area (Å²) in [7, 11) is -9.67. The maximum Gasteiger partial charge on any atom is 0.340 e. The Kier molecular flexibility index (Phi) is 28.3. The number of anilines is 1. The smallest absolute Gasteiger partial charge is 0.340 e. The van der Waals surface area contributed by atoms with E-state index in [0.29, 0.717) is 121 Å². The summed E-state index contributed by atoms with van der Waals surface area (Å²) in [5, 5.41) is 38.0. The Morgan fingerprint density at radius 2 is 1.31 bits per heavy atom. The summed E-state index contributed by atoms with van der Waals surface area (Å²) in [5.74, 6) is -6.72. The third-order valence-electron chi connectivity index (χ3n) is 12.9. The van der Waals surface area contributed by atoms with Gasteiger partial charge in [-0.05, 0) is 17.2 Å². The lowest BCUT2D eigenvalue weighted by Crippen LogP contribution is -2.48. The number of hydrogen-bond acceptors (Lipinski definition) is 24. The molecule has 7 rings (SSSR count). The minimum atomic E-state index is -4.90. The first kappa shape index (κ1) is 68.7. The number of nitrogens with zero attached hydrogens (tertiary/aromatic N) is 9. The Balaban J connectivity index is 0.667. The van der Waals surface area contributed by atoms with Crippen LogP contribution in [-0.4, -0.2) is 245 Å². The van der Waals surface area contributed by atoms with E-state index in [0.717, 1.165) is 38.3 Å². The molecule has 5 aromatic rings. The lowest BCUT2D eigenvalue weighted by Gasteiger charge is -2.36. The van der Waals surface area contributed by atoms with Crippen molar-refractivity contribution in [2.75, 3.05) is 156 Å². The van der Waals surface area contributed by atoms with Crippen molar-refractivity contribution in [3.05, 3.63) is 88.9 Å². The van der Waals surface area contributed by atoms with Gasteiger partial charge in [-0.15, -0.1) is 5.10 Å². The Morgan fingerprint density at radius 3 is 1.93 bits per heavy atom. The van der Waals surface area contributed by atoms with Crippen molar-refractivity contribution in [1.29, 1.82) is 0 Å². The third-order valence-corrected chi connectivity index (χ3v) is 16.6. The summed E-state index contributed by atoms with van der Waals surface area (Å²) in [6.45, 7) is 9.76. The standard InChI is InChI=1S/C51H72ClF3N10O19P2/c52-51-58-48(39-30-56-65(49(39)59-51)50-46(68)45(67)43(83-50)34-82-86(72,73)35-85(69,70)71)57-42(36-4-2-1-3-5-36)32-63-9-7-62(8-10-63)11-14-75-17-20-78-24-25-80-26-27-81-33-38-31-64(61-60-38)12-15-76-18-21-79-23-22-77-19-16-74-13-6-44(66)84-47-40(54)28-37(53)29-41(47)55/h1-5,28-31,42-43,45-46,50,67-68H,6-27,32-35H2,(H,72,73)(H,57,58,59)(H2,69,70,71)/t42-,43+,45+,46+,50+/m0/s1. The van der Waals surface area contributed by atoms with Crippen LogP contribution in [0.1, 0.15) is 29.9 Å². The molecule has 86 heavy (non-hydrogen) atoms. The molecule has 478 valence electrons. The molecule has 0 amide bonds. The molecule has 6 atom stereocenters. The van der Waals surface area contributed by atoms with Gasteiger partial charge in [0.15, 0.2) is 29.4 Å². The van der Waals surface area contributed by atoms with Gasteiger partial charge in [-0.1, -0.05) is 35.5 Å². The minimum absolute atomic E-state index is 0.0600. The summed E-state index contributed by atoms with van der Waals surface area (Å²) >= 11 is 6.45. The number of benzene rings is 2. The zero-order valence-corrected chi connectivity index (χ0v) is 49.4. The fourth-order valence-corrected chi connectivity index (χ4v) is 11.4. The van der Waals surface area contributed by atoms with Crippen LogP contribution >= 0.6 is 26.8 Å². The van der Waals surface area contributed by atoms with Crippen molar-refractivity contribution < 1.29 is 104 Å². The average Bonchev–Trinajstić information content (AvgIpc) is 1.72. The molecule has 5 heterocycles. The zero-order valence-electron chi connectivity index (χ0n) is 46.9. The van der Waals surface area contributed by atoms with E-state index in [2.05, 4.69) is 45.2 Å². The normalized spacial score (nSPS) is 18.9. The van der Waals surface area contributed by atoms with Gasteiger partial charge in [0.25, 0.3) is 0 Å². The second-order valence-corrected chi connectivity index (χ2v) is 23.8. The van der Waals surface area contributed by atoms with Crippen LogP contribution in [0, 0.1) is 17.5 Å². The number of halogens is 4. The van der Waals surface area contributed by atoms with E-state index >= 15 is 0 Å². The lowest BCUT2D eigenvalue weighted by molar-refractivity contribution is -0.136. The van der Waals surface area contributed by atoms with E-state index in [1.807, 2.05) is 30.3 Å². The molecule has 35 heteroatoms. The third kappa shape index (κ3) is 23.3. The van der Waals surface area contributed by atoms with Crippen LogP contribution in [0.25, 0.3) is 11.0 Å². The van der Waals surface area contributed by atoms with Crippen LogP contribution in [0.2, 0.25) is 5.28 Å². The van der Waals surface area contributed by atoms with Gasteiger partial charge in [0.1, 0.15) is 35.6 Å². The number of esters is 1. The van der Waals surface area contributed by atoms with Gasteiger partial charge in [-0.3, -0.25) is 23.7 Å². The number of aliphatic hydroxyl groups excluding tert-OH is 2. The molecule has 2 fully saturated rings. The zero-order chi connectivity index (χ0) is 61.3. The molecular formula is C51H72ClF3N10O19P2. The number of aromatic nitrogens is 7. The van der Waals surface area contributed by atoms with Gasteiger partial charge < -0.3 is 82.1 Å². The van der Waals surface area contributed by atoms with E-state index in [1.165, 1.54) is 10.9 Å². The van der Waals surface area contributed by atoms with Crippen molar-refractivity contribution >= 4 is 49.6 Å². The van der Waals surface area contributed by atoms with Crippen molar-refractivity contribution in [3.63, 3.8) is 0 Å². The quantitative estimate of drug-likeness (QED) is 0.0108. The number of nitrogens with one attached hydrogen (secondary N) is 1. The monoisotopic (exact) mass is 1280 g/mol. The summed E-state index contributed by atoms with van der Waals surface area (Å²) in [6.07, 6.45) is -2.99. The first-order valence-corrected chi connectivity index (χ1v) is 31.4. The highest BCUT2D eigenvalue weighted by Crippen LogP contribution is 2.55. The molecule has 2 aliphatic rings. The number of rotatable bonds is 41. The van der Waals surface area contributed by atoms with Gasteiger partial charge in [0, 0.05) is 51.4 Å². The highest BCUT2D eigenvalue weighted by molar-refractivity contribution is 7.70. The molecule has 0 bridgehead atoms. The Bertz CT molecular complexity index is 2920. The number of fused-ring (bicyclic) bond motifs is 1. The highest BCUT2D eigenvalue weighted by Gasteiger charge is 2.46. The van der Waals surface area contributed by atoms with Gasteiger partial charge in [0.2, 0.25) is 11.0 Å². The molecule has 0 saturated carbocycles. The van der Waals surface area contributed by atoms with Crippen molar-refractivity contribution in [2.45, 2.75) is 50.2 Å². The van der Waals surface area contributed by atoms with Gasteiger partial charge in [-0.2, -0.15) is 15.1 Å². The van der Waals surface area contributed by atoms with E-state index < -0.39 is 81.4 Å². The fraction of sp³-hybridized carbons (Fsp3) is 0.608. The van der Waals surface area contributed by atoms with Gasteiger partial charge >= 0.3 is 21.2 Å². The molecule has 29 nitrogen and oxygen atoms in total. The first-order chi connectivity index (χ1) is 41.4. The van der Waals surface area contributed by atoms with Crippen LogP contribution in [-0.2, 0) is 74.2 Å². The number of ether oxygens (including phenoxy) is 10. The van der Waals surface area contributed by atoms with Crippen molar-refractivity contribution in [2.24, 2.45) is 0 Å². The van der Waals surface area contributed by atoms with E-state index in [1.54, 1.807) is 10.9 Å². The molecule has 0 radical (unpaired) electrons. The Hall–Kier alpha value is -4.74. The predicted molar refractivity (Wildman–Crippen MR) is 297 cm³/mol. The summed E-state index contributed by atoms with van der Waals surface area (Å²) in [4.78, 5) is 53.4. The van der Waals surface area contributed by atoms with E-state index in [-0.39, 0.29) is 49.8 Å². The van der Waals surface area contributed by atoms with Crippen molar-refractivity contribution in [3.8, 4) is 5.75 Å². The molecule has 1 unspecified atom stereocenters.